The normalized spacial score (nSPS) is 17.4. The van der Waals surface area contributed by atoms with Gasteiger partial charge in [-0.25, -0.2) is 33.6 Å². The van der Waals surface area contributed by atoms with Crippen LogP contribution >= 0.6 is 0 Å². The van der Waals surface area contributed by atoms with Crippen LogP contribution in [0.25, 0.3) is 33.0 Å². The number of rotatable bonds is 6. The van der Waals surface area contributed by atoms with E-state index in [1.807, 2.05) is 6.07 Å². The number of aromatic nitrogens is 6. The monoisotopic (exact) mass is 539 g/mol. The molecule has 40 heavy (non-hydrogen) atoms. The Balaban J connectivity index is 1.45. The fraction of sp³-hybridized carbons (Fsp3) is 0.214. The molecule has 12 heteroatoms. The molecule has 200 valence electrons. The molecule has 0 radical (unpaired) electrons. The molecule has 3 aromatic heterocycles. The van der Waals surface area contributed by atoms with Crippen LogP contribution in [0.15, 0.2) is 61.1 Å². The van der Waals surface area contributed by atoms with Crippen LogP contribution in [0.3, 0.4) is 0 Å². The number of nitrogens with two attached hydrogens (primary N) is 1. The van der Waals surface area contributed by atoms with Crippen LogP contribution in [0.2, 0.25) is 0 Å². The number of hydrogen-bond donors (Lipinski definition) is 2. The average molecular weight is 540 g/mol. The smallest absolute Gasteiger partial charge is 0.223 e. The summed E-state index contributed by atoms with van der Waals surface area (Å²) >= 11 is 0. The zero-order valence-electron chi connectivity index (χ0n) is 21.1. The number of aliphatic hydroxyl groups is 1. The maximum Gasteiger partial charge on any atom is 0.223 e. The molecule has 10 nitrogen and oxygen atoms in total. The second-order valence-corrected chi connectivity index (χ2v) is 9.55. The molecule has 1 aliphatic heterocycles. The lowest BCUT2D eigenvalue weighted by Gasteiger charge is -2.17. The predicted octanol–water partition coefficient (Wildman–Crippen LogP) is 3.63. The van der Waals surface area contributed by atoms with Gasteiger partial charge in [-0.15, -0.1) is 5.10 Å². The summed E-state index contributed by atoms with van der Waals surface area (Å²) in [6.07, 6.45) is 0.649. The number of hydrogen-bond acceptors (Lipinski definition) is 8. The molecule has 0 amide bonds. The van der Waals surface area contributed by atoms with E-state index in [-0.39, 0.29) is 32.0 Å². The minimum atomic E-state index is -1.34. The molecular formula is C28H23F2N9O. The number of benzene rings is 2. The molecular weight excluding hydrogens is 516 g/mol. The third kappa shape index (κ3) is 4.72. The molecule has 2 atom stereocenters. The van der Waals surface area contributed by atoms with Gasteiger partial charge in [0, 0.05) is 32.3 Å². The molecule has 2 aromatic carbocycles. The Kier molecular flexibility index (Phi) is 6.59. The van der Waals surface area contributed by atoms with Crippen LogP contribution in [0, 0.1) is 12.4 Å². The van der Waals surface area contributed by atoms with Crippen LogP contribution in [0.5, 0.6) is 0 Å². The average Bonchev–Trinajstić information content (AvgIpc) is 3.53. The second-order valence-electron chi connectivity index (χ2n) is 9.55. The van der Waals surface area contributed by atoms with E-state index in [2.05, 4.69) is 24.9 Å². The molecule has 0 aliphatic carbocycles. The Bertz CT molecular complexity index is 1740. The Labute approximate surface area is 227 Å². The van der Waals surface area contributed by atoms with E-state index >= 15 is 4.39 Å². The zero-order chi connectivity index (χ0) is 27.8. The molecule has 3 N–H and O–H groups in total. The summed E-state index contributed by atoms with van der Waals surface area (Å²) in [6.45, 7) is 7.92. The van der Waals surface area contributed by atoms with Gasteiger partial charge in [-0.3, -0.25) is 4.90 Å². The Morgan fingerprint density at radius 2 is 1.98 bits per heavy atom. The van der Waals surface area contributed by atoms with Crippen molar-refractivity contribution in [2.75, 3.05) is 18.8 Å². The van der Waals surface area contributed by atoms with Crippen LogP contribution in [-0.4, -0.2) is 64.9 Å². The van der Waals surface area contributed by atoms with Gasteiger partial charge in [0.2, 0.25) is 5.95 Å². The summed E-state index contributed by atoms with van der Waals surface area (Å²) in [4.78, 5) is 23.0. The third-order valence-corrected chi connectivity index (χ3v) is 6.88. The number of nitrogens with zero attached hydrogens (tertiary/aromatic N) is 8. The van der Waals surface area contributed by atoms with Crippen molar-refractivity contribution in [3.05, 3.63) is 95.2 Å². The molecule has 5 aromatic rings. The fourth-order valence-electron chi connectivity index (χ4n) is 4.98. The van der Waals surface area contributed by atoms with Crippen LogP contribution in [-0.2, 0) is 13.0 Å². The minimum Gasteiger partial charge on any atom is -0.389 e. The molecule has 4 heterocycles. The van der Waals surface area contributed by atoms with Crippen LogP contribution in [0.4, 0.5) is 20.4 Å². The maximum atomic E-state index is 15.1. The van der Waals surface area contributed by atoms with E-state index in [4.69, 9.17) is 17.3 Å². The lowest BCUT2D eigenvalue weighted by Crippen LogP contribution is -2.22. The van der Waals surface area contributed by atoms with Crippen molar-refractivity contribution in [3.63, 3.8) is 0 Å². The molecule has 0 saturated carbocycles. The zero-order valence-corrected chi connectivity index (χ0v) is 21.1. The number of anilines is 1. The summed E-state index contributed by atoms with van der Waals surface area (Å²) in [5, 5.41) is 14.4. The highest BCUT2D eigenvalue weighted by Crippen LogP contribution is 2.35. The number of nitrogen functional groups attached to an aromatic ring is 1. The van der Waals surface area contributed by atoms with E-state index in [0.717, 1.165) is 0 Å². The van der Waals surface area contributed by atoms with E-state index in [1.165, 1.54) is 16.9 Å². The molecule has 6 rings (SSSR count). The first-order valence-electron chi connectivity index (χ1n) is 12.5. The Morgan fingerprint density at radius 1 is 1.12 bits per heavy atom. The summed E-state index contributed by atoms with van der Waals surface area (Å²) in [5.41, 5.74) is 10.3. The second kappa shape index (κ2) is 10.4. The lowest BCUT2D eigenvalue weighted by molar-refractivity contribution is 0.115. The van der Waals surface area contributed by atoms with E-state index in [1.54, 1.807) is 47.5 Å². The van der Waals surface area contributed by atoms with Gasteiger partial charge in [-0.2, -0.15) is 4.52 Å². The van der Waals surface area contributed by atoms with Crippen LogP contribution in [0.1, 0.15) is 17.0 Å². The van der Waals surface area contributed by atoms with E-state index in [9.17, 15) is 9.50 Å². The van der Waals surface area contributed by atoms with Gasteiger partial charge in [0.05, 0.1) is 29.6 Å². The Hall–Kier alpha value is -4.86. The van der Waals surface area contributed by atoms with Gasteiger partial charge in [-0.05, 0) is 34.9 Å². The van der Waals surface area contributed by atoms with Gasteiger partial charge in [-0.1, -0.05) is 30.3 Å². The highest BCUT2D eigenvalue weighted by molar-refractivity contribution is 5.89. The summed E-state index contributed by atoms with van der Waals surface area (Å²) in [7, 11) is 0. The number of likely N-dealkylation sites (tertiary alicyclic amines) is 1. The number of alkyl halides is 1. The number of fused-ring (bicyclic) bond motifs is 1. The van der Waals surface area contributed by atoms with Gasteiger partial charge in [0.1, 0.15) is 18.3 Å². The largest absolute Gasteiger partial charge is 0.389 e. The molecule has 1 aliphatic rings. The first-order chi connectivity index (χ1) is 19.4. The van der Waals surface area contributed by atoms with Crippen molar-refractivity contribution >= 4 is 17.3 Å². The SMILES string of the molecule is [C-]#[N+]c1cccc(-c2nc(N)n3nc(Cc4c(F)cccc4CN4C[C@@H](O)[C@H](F)C4)nc3c2-c2ccncn2)c1. The first kappa shape index (κ1) is 25.4. The first-order valence-corrected chi connectivity index (χ1v) is 12.5. The highest BCUT2D eigenvalue weighted by atomic mass is 19.1. The predicted molar refractivity (Wildman–Crippen MR) is 143 cm³/mol. The minimum absolute atomic E-state index is 0.0460. The number of halogens is 2. The quantitative estimate of drug-likeness (QED) is 0.314. The lowest BCUT2D eigenvalue weighted by atomic mass is 10.0. The molecule has 0 spiro atoms. The summed E-state index contributed by atoms with van der Waals surface area (Å²) in [6, 6.07) is 13.4. The van der Waals surface area contributed by atoms with Crippen molar-refractivity contribution in [2.45, 2.75) is 25.2 Å². The van der Waals surface area contributed by atoms with Crippen molar-refractivity contribution in [3.8, 4) is 22.5 Å². The third-order valence-electron chi connectivity index (χ3n) is 6.88. The topological polar surface area (TPSA) is 123 Å². The molecule has 1 fully saturated rings. The highest BCUT2D eigenvalue weighted by Gasteiger charge is 2.31. The van der Waals surface area contributed by atoms with Gasteiger partial charge >= 0.3 is 0 Å². The Morgan fingerprint density at radius 3 is 2.73 bits per heavy atom. The van der Waals surface area contributed by atoms with Crippen molar-refractivity contribution < 1.29 is 13.9 Å². The molecule has 0 bridgehead atoms. The molecule has 0 unspecified atom stereocenters. The van der Waals surface area contributed by atoms with Crippen molar-refractivity contribution in [1.82, 2.24) is 34.4 Å². The van der Waals surface area contributed by atoms with Gasteiger partial charge in [0.25, 0.3) is 0 Å². The van der Waals surface area contributed by atoms with E-state index in [0.29, 0.717) is 50.8 Å². The fourth-order valence-corrected chi connectivity index (χ4v) is 4.98. The van der Waals surface area contributed by atoms with Gasteiger partial charge in [0.15, 0.2) is 17.2 Å². The van der Waals surface area contributed by atoms with Crippen molar-refractivity contribution in [2.24, 2.45) is 0 Å². The van der Waals surface area contributed by atoms with Gasteiger partial charge < -0.3 is 10.8 Å². The number of β-amino-alcohol motifs (C(OH)–C–C–N with tert-alkyl or cyclic N) is 1. The summed E-state index contributed by atoms with van der Waals surface area (Å²) < 4.78 is 30.4. The number of aliphatic hydroxyl groups excluding tert-OH is 1. The summed E-state index contributed by atoms with van der Waals surface area (Å²) in [5.74, 6) is -0.0812. The van der Waals surface area contributed by atoms with Crippen molar-refractivity contribution in [1.29, 1.82) is 0 Å². The standard InChI is InChI=1S/C28H23F2N9O/c1-32-18-6-2-4-16(10-18)26-25(22-8-9-33-15-34-22)27-35-24(37-39(27)28(31)36-26)11-19-17(5-3-7-20(19)29)12-38-13-21(30)23(40)14-38/h2-10,15,21,23,40H,11-14H2,(H2,31,36)/t21-,23-/m1/s1. The maximum absolute atomic E-state index is 15.1. The van der Waals surface area contributed by atoms with E-state index < -0.39 is 18.1 Å². The molecule has 1 saturated heterocycles. The van der Waals surface area contributed by atoms with Crippen LogP contribution < -0.4 is 5.73 Å².